The third kappa shape index (κ3) is 5.57. The van der Waals surface area contributed by atoms with Crippen molar-refractivity contribution >= 4 is 17.3 Å². The highest BCUT2D eigenvalue weighted by atomic mass is 32.1. The number of hydrogen-bond donors (Lipinski definition) is 1. The van der Waals surface area contributed by atoms with Crippen LogP contribution in [0, 0.1) is 6.92 Å². The van der Waals surface area contributed by atoms with E-state index in [0.29, 0.717) is 0 Å². The summed E-state index contributed by atoms with van der Waals surface area (Å²) in [4.78, 5) is 10.5. The van der Waals surface area contributed by atoms with Gasteiger partial charge in [0.15, 0.2) is 5.96 Å². The molecule has 3 rings (SSSR count). The SMILES string of the molecule is CN=C(NCC(c1ccc(C)o1)N1CCOCC1)N(C)CCc1cccs1. The molecule has 1 fully saturated rings. The largest absolute Gasteiger partial charge is 0.465 e. The number of hydrogen-bond acceptors (Lipinski definition) is 5. The number of guanidine groups is 1. The van der Waals surface area contributed by atoms with Gasteiger partial charge >= 0.3 is 0 Å². The second kappa shape index (κ2) is 9.92. The van der Waals surface area contributed by atoms with E-state index in [2.05, 4.69) is 50.7 Å². The molecular weight excluding hydrogens is 360 g/mol. The molecule has 2 aromatic heterocycles. The molecule has 1 aliphatic rings. The summed E-state index contributed by atoms with van der Waals surface area (Å²) in [6.07, 6.45) is 1.03. The summed E-state index contributed by atoms with van der Waals surface area (Å²) in [6.45, 7) is 7.05. The average Bonchev–Trinajstić information content (AvgIpc) is 3.36. The zero-order chi connectivity index (χ0) is 19.1. The molecule has 0 aromatic carbocycles. The van der Waals surface area contributed by atoms with Gasteiger partial charge in [-0.25, -0.2) is 0 Å². The summed E-state index contributed by atoms with van der Waals surface area (Å²) in [7, 11) is 3.93. The number of thiophene rings is 1. The van der Waals surface area contributed by atoms with E-state index >= 15 is 0 Å². The lowest BCUT2D eigenvalue weighted by Gasteiger charge is -2.34. The van der Waals surface area contributed by atoms with Crippen LogP contribution in [-0.2, 0) is 11.2 Å². The van der Waals surface area contributed by atoms with Crippen molar-refractivity contribution in [2.75, 3.05) is 53.5 Å². The fourth-order valence-electron chi connectivity index (χ4n) is 3.34. The summed E-state index contributed by atoms with van der Waals surface area (Å²) in [5.41, 5.74) is 0. The Bertz CT molecular complexity index is 707. The van der Waals surface area contributed by atoms with Crippen LogP contribution in [0.3, 0.4) is 0 Å². The van der Waals surface area contributed by atoms with Crippen LogP contribution in [-0.4, -0.2) is 69.2 Å². The first-order chi connectivity index (χ1) is 13.2. The standard InChI is InChI=1S/C20H30N4O2S/c1-16-6-7-19(26-16)18(24-10-12-25-13-11-24)15-22-20(21-2)23(3)9-8-17-5-4-14-27-17/h4-7,14,18H,8-13,15H2,1-3H3,(H,21,22). The topological polar surface area (TPSA) is 53.2 Å². The number of aliphatic imine (C=N–C) groups is 1. The number of rotatable bonds is 7. The van der Waals surface area contributed by atoms with E-state index in [4.69, 9.17) is 9.15 Å². The summed E-state index contributed by atoms with van der Waals surface area (Å²) in [5.74, 6) is 2.85. The fourth-order valence-corrected chi connectivity index (χ4v) is 4.04. The van der Waals surface area contributed by atoms with Crippen molar-refractivity contribution in [3.63, 3.8) is 0 Å². The average molecular weight is 391 g/mol. The number of ether oxygens (including phenoxy) is 1. The van der Waals surface area contributed by atoms with Crippen molar-refractivity contribution < 1.29 is 9.15 Å². The second-order valence-corrected chi connectivity index (χ2v) is 7.82. The Kier molecular flexibility index (Phi) is 7.32. The molecule has 0 spiro atoms. The lowest BCUT2D eigenvalue weighted by molar-refractivity contribution is 0.0123. The molecule has 0 radical (unpaired) electrons. The normalized spacial score (nSPS) is 17.1. The van der Waals surface area contributed by atoms with Gasteiger partial charge in [-0.15, -0.1) is 11.3 Å². The van der Waals surface area contributed by atoms with Crippen LogP contribution in [0.25, 0.3) is 0 Å². The third-order valence-corrected chi connectivity index (χ3v) is 5.81. The highest BCUT2D eigenvalue weighted by Crippen LogP contribution is 2.23. The van der Waals surface area contributed by atoms with Gasteiger partial charge < -0.3 is 19.4 Å². The number of likely N-dealkylation sites (N-methyl/N-ethyl adjacent to an activating group) is 1. The van der Waals surface area contributed by atoms with Gasteiger partial charge in [0.05, 0.1) is 19.3 Å². The Morgan fingerprint density at radius 1 is 1.33 bits per heavy atom. The van der Waals surface area contributed by atoms with E-state index in [1.165, 1.54) is 4.88 Å². The van der Waals surface area contributed by atoms with Gasteiger partial charge in [0.1, 0.15) is 11.5 Å². The van der Waals surface area contributed by atoms with Crippen LogP contribution in [0.2, 0.25) is 0 Å². The van der Waals surface area contributed by atoms with E-state index in [-0.39, 0.29) is 6.04 Å². The molecule has 1 saturated heterocycles. The number of nitrogens with zero attached hydrogens (tertiary/aromatic N) is 3. The molecule has 2 aromatic rings. The monoisotopic (exact) mass is 390 g/mol. The Hall–Kier alpha value is -1.83. The highest BCUT2D eigenvalue weighted by Gasteiger charge is 2.25. The Morgan fingerprint density at radius 2 is 2.15 bits per heavy atom. The number of aryl methyl sites for hydroxylation is 1. The minimum absolute atomic E-state index is 0.171. The maximum Gasteiger partial charge on any atom is 0.193 e. The van der Waals surface area contributed by atoms with Gasteiger partial charge in [-0.1, -0.05) is 6.07 Å². The first kappa shape index (κ1) is 19.9. The maximum atomic E-state index is 5.95. The molecule has 0 amide bonds. The lowest BCUT2D eigenvalue weighted by Crippen LogP contribution is -2.47. The summed E-state index contributed by atoms with van der Waals surface area (Å²) in [5, 5.41) is 5.67. The number of nitrogens with one attached hydrogen (secondary N) is 1. The summed E-state index contributed by atoms with van der Waals surface area (Å²) >= 11 is 1.80. The number of morpholine rings is 1. The molecule has 1 N–H and O–H groups in total. The molecule has 0 saturated carbocycles. The number of furan rings is 1. The summed E-state index contributed by atoms with van der Waals surface area (Å²) < 4.78 is 11.5. The van der Waals surface area contributed by atoms with Gasteiger partial charge in [-0.2, -0.15) is 0 Å². The van der Waals surface area contributed by atoms with Gasteiger partial charge in [0, 0.05) is 45.2 Å². The van der Waals surface area contributed by atoms with Crippen LogP contribution in [0.5, 0.6) is 0 Å². The minimum atomic E-state index is 0.171. The van der Waals surface area contributed by atoms with Crippen molar-refractivity contribution in [1.82, 2.24) is 15.1 Å². The fraction of sp³-hybridized carbons (Fsp3) is 0.550. The van der Waals surface area contributed by atoms with Crippen LogP contribution < -0.4 is 5.32 Å². The minimum Gasteiger partial charge on any atom is -0.465 e. The van der Waals surface area contributed by atoms with Crippen molar-refractivity contribution in [2.24, 2.45) is 4.99 Å². The van der Waals surface area contributed by atoms with E-state index < -0.39 is 0 Å². The maximum absolute atomic E-state index is 5.95. The molecule has 1 atom stereocenters. The van der Waals surface area contributed by atoms with Crippen LogP contribution in [0.4, 0.5) is 0 Å². The van der Waals surface area contributed by atoms with E-state index in [0.717, 1.165) is 63.3 Å². The smallest absolute Gasteiger partial charge is 0.193 e. The van der Waals surface area contributed by atoms with Crippen LogP contribution in [0.15, 0.2) is 39.1 Å². The van der Waals surface area contributed by atoms with E-state index in [1.807, 2.05) is 20.0 Å². The van der Waals surface area contributed by atoms with Gasteiger partial charge in [0.2, 0.25) is 0 Å². The van der Waals surface area contributed by atoms with Gasteiger partial charge in [0.25, 0.3) is 0 Å². The molecule has 0 bridgehead atoms. The Balaban J connectivity index is 1.60. The first-order valence-electron chi connectivity index (χ1n) is 9.49. The predicted octanol–water partition coefficient (Wildman–Crippen LogP) is 2.77. The zero-order valence-electron chi connectivity index (χ0n) is 16.5. The highest BCUT2D eigenvalue weighted by molar-refractivity contribution is 7.09. The summed E-state index contributed by atoms with van der Waals surface area (Å²) in [6, 6.07) is 8.57. The second-order valence-electron chi connectivity index (χ2n) is 6.79. The van der Waals surface area contributed by atoms with E-state index in [9.17, 15) is 0 Å². The molecule has 1 aliphatic heterocycles. The Labute approximate surface area is 165 Å². The third-order valence-electron chi connectivity index (χ3n) is 4.88. The van der Waals surface area contributed by atoms with Gasteiger partial charge in [-0.3, -0.25) is 9.89 Å². The van der Waals surface area contributed by atoms with Crippen LogP contribution >= 0.6 is 11.3 Å². The quantitative estimate of drug-likeness (QED) is 0.582. The molecular formula is C20H30N4O2S. The zero-order valence-corrected chi connectivity index (χ0v) is 17.3. The lowest BCUT2D eigenvalue weighted by atomic mass is 10.1. The van der Waals surface area contributed by atoms with Crippen molar-refractivity contribution in [2.45, 2.75) is 19.4 Å². The molecule has 7 heteroatoms. The molecule has 1 unspecified atom stereocenters. The van der Waals surface area contributed by atoms with E-state index in [1.54, 1.807) is 11.3 Å². The predicted molar refractivity (Wildman–Crippen MR) is 111 cm³/mol. The van der Waals surface area contributed by atoms with Gasteiger partial charge in [-0.05, 0) is 36.9 Å². The molecule has 27 heavy (non-hydrogen) atoms. The van der Waals surface area contributed by atoms with Crippen molar-refractivity contribution in [1.29, 1.82) is 0 Å². The van der Waals surface area contributed by atoms with Crippen LogP contribution in [0.1, 0.15) is 22.4 Å². The molecule has 6 nitrogen and oxygen atoms in total. The van der Waals surface area contributed by atoms with Crippen molar-refractivity contribution in [3.05, 3.63) is 46.0 Å². The Morgan fingerprint density at radius 3 is 2.78 bits per heavy atom. The van der Waals surface area contributed by atoms with Crippen molar-refractivity contribution in [3.8, 4) is 0 Å². The first-order valence-corrected chi connectivity index (χ1v) is 10.4. The molecule has 0 aliphatic carbocycles. The molecule has 148 valence electrons. The molecule has 3 heterocycles.